The number of amides is 1. The zero-order valence-electron chi connectivity index (χ0n) is 12.5. The molecule has 0 aliphatic rings. The van der Waals surface area contributed by atoms with Crippen LogP contribution in [0.2, 0.25) is 0 Å². The van der Waals surface area contributed by atoms with Crippen molar-refractivity contribution in [3.8, 4) is 0 Å². The van der Waals surface area contributed by atoms with E-state index in [9.17, 15) is 9.18 Å². The average Bonchev–Trinajstić information content (AvgIpc) is 2.96. The minimum atomic E-state index is -0.283. The molecule has 2 aromatic carbocycles. The summed E-state index contributed by atoms with van der Waals surface area (Å²) in [4.78, 5) is 19.8. The monoisotopic (exact) mass is 329 g/mol. The first-order chi connectivity index (χ1) is 11.1. The van der Waals surface area contributed by atoms with Gasteiger partial charge in [-0.2, -0.15) is 0 Å². The Morgan fingerprint density at radius 3 is 2.74 bits per heavy atom. The molecule has 6 heteroatoms. The Kier molecular flexibility index (Phi) is 4.62. The van der Waals surface area contributed by atoms with Crippen LogP contribution in [0, 0.1) is 5.82 Å². The molecular weight excluding hydrogens is 313 g/mol. The minimum Gasteiger partial charge on any atom is -0.351 e. The van der Waals surface area contributed by atoms with Crippen LogP contribution in [0.15, 0.2) is 53.7 Å². The van der Waals surface area contributed by atoms with Gasteiger partial charge in [-0.25, -0.2) is 9.37 Å². The van der Waals surface area contributed by atoms with Crippen LogP contribution in [0.1, 0.15) is 12.5 Å². The number of nitrogens with one attached hydrogen (secondary N) is 2. The molecule has 0 saturated heterocycles. The fraction of sp³-hybridized carbons (Fsp3) is 0.176. The third-order valence-electron chi connectivity index (χ3n) is 3.41. The third kappa shape index (κ3) is 3.90. The van der Waals surface area contributed by atoms with E-state index in [1.165, 1.54) is 23.9 Å². The number of carbonyl (C=O) groups excluding carboxylic acids is 1. The Labute approximate surface area is 137 Å². The van der Waals surface area contributed by atoms with E-state index in [0.717, 1.165) is 21.8 Å². The van der Waals surface area contributed by atoms with Crippen molar-refractivity contribution in [1.29, 1.82) is 0 Å². The Hall–Kier alpha value is -2.34. The van der Waals surface area contributed by atoms with Gasteiger partial charge in [-0.15, -0.1) is 0 Å². The van der Waals surface area contributed by atoms with Crippen molar-refractivity contribution in [2.75, 3.05) is 0 Å². The highest BCUT2D eigenvalue weighted by Gasteiger charge is 2.16. The van der Waals surface area contributed by atoms with Gasteiger partial charge < -0.3 is 10.3 Å². The third-order valence-corrected chi connectivity index (χ3v) is 4.39. The molecule has 1 heterocycles. The van der Waals surface area contributed by atoms with Crippen molar-refractivity contribution >= 4 is 28.7 Å². The predicted octanol–water partition coefficient (Wildman–Crippen LogP) is 3.50. The van der Waals surface area contributed by atoms with Crippen molar-refractivity contribution in [1.82, 2.24) is 15.3 Å². The van der Waals surface area contributed by atoms with Crippen LogP contribution in [-0.4, -0.2) is 21.1 Å². The maximum absolute atomic E-state index is 12.8. The lowest BCUT2D eigenvalue weighted by Crippen LogP contribution is -2.30. The number of halogens is 1. The van der Waals surface area contributed by atoms with Gasteiger partial charge in [0, 0.05) is 6.54 Å². The molecular formula is C17H16FN3OS. The first-order valence-corrected chi connectivity index (χ1v) is 8.13. The van der Waals surface area contributed by atoms with Crippen molar-refractivity contribution in [2.45, 2.75) is 23.9 Å². The van der Waals surface area contributed by atoms with E-state index in [1.807, 2.05) is 31.2 Å². The van der Waals surface area contributed by atoms with E-state index in [4.69, 9.17) is 0 Å². The van der Waals surface area contributed by atoms with Crippen LogP contribution in [0.25, 0.3) is 11.0 Å². The molecule has 0 radical (unpaired) electrons. The maximum Gasteiger partial charge on any atom is 0.233 e. The number of hydrogen-bond donors (Lipinski definition) is 2. The van der Waals surface area contributed by atoms with Gasteiger partial charge in [-0.1, -0.05) is 36.0 Å². The summed E-state index contributed by atoms with van der Waals surface area (Å²) in [6.45, 7) is 2.21. The maximum atomic E-state index is 12.8. The number of hydrogen-bond acceptors (Lipinski definition) is 3. The number of aromatic amines is 1. The van der Waals surface area contributed by atoms with Gasteiger partial charge in [0.15, 0.2) is 5.16 Å². The van der Waals surface area contributed by atoms with Crippen LogP contribution in [0.4, 0.5) is 4.39 Å². The SMILES string of the molecule is CC(Sc1nc2ccccc2[nH]1)C(=O)NCc1ccc(F)cc1. The Balaban J connectivity index is 1.57. The number of benzene rings is 2. The van der Waals surface area contributed by atoms with Gasteiger partial charge in [0.25, 0.3) is 0 Å². The quantitative estimate of drug-likeness (QED) is 0.704. The molecule has 0 fully saturated rings. The Morgan fingerprint density at radius 2 is 2.00 bits per heavy atom. The van der Waals surface area contributed by atoms with Gasteiger partial charge >= 0.3 is 0 Å². The molecule has 1 atom stereocenters. The van der Waals surface area contributed by atoms with Crippen molar-refractivity contribution < 1.29 is 9.18 Å². The second-order valence-electron chi connectivity index (χ2n) is 5.16. The Bertz CT molecular complexity index is 783. The molecule has 3 aromatic rings. The fourth-order valence-electron chi connectivity index (χ4n) is 2.14. The van der Waals surface area contributed by atoms with Gasteiger partial charge in [0.05, 0.1) is 16.3 Å². The van der Waals surface area contributed by atoms with Crippen molar-refractivity contribution in [2.24, 2.45) is 0 Å². The highest BCUT2D eigenvalue weighted by atomic mass is 32.2. The Morgan fingerprint density at radius 1 is 1.26 bits per heavy atom. The van der Waals surface area contributed by atoms with Crippen molar-refractivity contribution in [3.05, 3.63) is 59.9 Å². The van der Waals surface area contributed by atoms with Crippen LogP contribution in [0.3, 0.4) is 0 Å². The molecule has 1 unspecified atom stereocenters. The molecule has 1 amide bonds. The molecule has 3 rings (SSSR count). The minimum absolute atomic E-state index is 0.0835. The fourth-order valence-corrected chi connectivity index (χ4v) is 2.99. The van der Waals surface area contributed by atoms with E-state index in [1.54, 1.807) is 12.1 Å². The molecule has 0 aliphatic heterocycles. The van der Waals surface area contributed by atoms with E-state index in [2.05, 4.69) is 15.3 Å². The highest BCUT2D eigenvalue weighted by molar-refractivity contribution is 8.00. The van der Waals surface area contributed by atoms with Crippen molar-refractivity contribution in [3.63, 3.8) is 0 Å². The largest absolute Gasteiger partial charge is 0.351 e. The first kappa shape index (κ1) is 15.6. The van der Waals surface area contributed by atoms with Gasteiger partial charge in [-0.3, -0.25) is 4.79 Å². The molecule has 4 nitrogen and oxygen atoms in total. The smallest absolute Gasteiger partial charge is 0.233 e. The predicted molar refractivity (Wildman–Crippen MR) is 89.7 cm³/mol. The molecule has 0 spiro atoms. The van der Waals surface area contributed by atoms with Crippen LogP contribution in [0.5, 0.6) is 0 Å². The number of fused-ring (bicyclic) bond motifs is 1. The summed E-state index contributed by atoms with van der Waals surface area (Å²) < 4.78 is 12.8. The lowest BCUT2D eigenvalue weighted by molar-refractivity contribution is -0.120. The summed E-state index contributed by atoms with van der Waals surface area (Å²) >= 11 is 1.38. The average molecular weight is 329 g/mol. The van der Waals surface area contributed by atoms with Gasteiger partial charge in [0.1, 0.15) is 5.82 Å². The van der Waals surface area contributed by atoms with E-state index >= 15 is 0 Å². The van der Waals surface area contributed by atoms with Gasteiger partial charge in [0.2, 0.25) is 5.91 Å². The lowest BCUT2D eigenvalue weighted by Gasteiger charge is -2.10. The molecule has 0 aliphatic carbocycles. The molecule has 0 saturated carbocycles. The number of aromatic nitrogens is 2. The summed E-state index contributed by atoms with van der Waals surface area (Å²) in [5, 5.41) is 3.29. The van der Waals surface area contributed by atoms with E-state index < -0.39 is 0 Å². The summed E-state index contributed by atoms with van der Waals surface area (Å²) in [5.41, 5.74) is 2.70. The molecule has 2 N–H and O–H groups in total. The molecule has 23 heavy (non-hydrogen) atoms. The number of rotatable bonds is 5. The number of nitrogens with zero attached hydrogens (tertiary/aromatic N) is 1. The summed E-state index contributed by atoms with van der Waals surface area (Å²) in [5.74, 6) is -0.367. The second-order valence-corrected chi connectivity index (χ2v) is 6.49. The first-order valence-electron chi connectivity index (χ1n) is 7.25. The topological polar surface area (TPSA) is 57.8 Å². The number of carbonyl (C=O) groups is 1. The second kappa shape index (κ2) is 6.83. The summed E-state index contributed by atoms with van der Waals surface area (Å²) in [6, 6.07) is 13.8. The lowest BCUT2D eigenvalue weighted by atomic mass is 10.2. The standard InChI is InChI=1S/C17H16FN3OS/c1-11(16(22)19-10-12-6-8-13(18)9-7-12)23-17-20-14-4-2-3-5-15(14)21-17/h2-9,11H,10H2,1H3,(H,19,22)(H,20,21). The van der Waals surface area contributed by atoms with Gasteiger partial charge in [-0.05, 0) is 36.8 Å². The zero-order chi connectivity index (χ0) is 16.2. The highest BCUT2D eigenvalue weighted by Crippen LogP contribution is 2.23. The summed E-state index contributed by atoms with van der Waals surface area (Å²) in [6.07, 6.45) is 0. The van der Waals surface area contributed by atoms with Crippen LogP contribution in [-0.2, 0) is 11.3 Å². The number of thioether (sulfide) groups is 1. The number of imidazole rings is 1. The normalized spacial score (nSPS) is 12.3. The van der Waals surface area contributed by atoms with E-state index in [0.29, 0.717) is 6.54 Å². The molecule has 0 bridgehead atoms. The van der Waals surface area contributed by atoms with Crippen LogP contribution >= 0.6 is 11.8 Å². The number of para-hydroxylation sites is 2. The van der Waals surface area contributed by atoms with E-state index in [-0.39, 0.29) is 17.0 Å². The molecule has 1 aromatic heterocycles. The zero-order valence-corrected chi connectivity index (χ0v) is 13.4. The summed E-state index contributed by atoms with van der Waals surface area (Å²) in [7, 11) is 0. The number of H-pyrrole nitrogens is 1. The molecule has 118 valence electrons. The van der Waals surface area contributed by atoms with Crippen LogP contribution < -0.4 is 5.32 Å².